The van der Waals surface area contributed by atoms with Crippen LogP contribution < -0.4 is 15.8 Å². The summed E-state index contributed by atoms with van der Waals surface area (Å²) in [7, 11) is 1.62. The molecule has 0 aliphatic rings. The quantitative estimate of drug-likeness (QED) is 0.555. The smallest absolute Gasteiger partial charge is 0.193 e. The summed E-state index contributed by atoms with van der Waals surface area (Å²) in [5.41, 5.74) is 7.77. The summed E-state index contributed by atoms with van der Waals surface area (Å²) >= 11 is 0. The van der Waals surface area contributed by atoms with Crippen molar-refractivity contribution in [2.24, 2.45) is 10.7 Å². The highest BCUT2D eigenvalue weighted by molar-refractivity contribution is 5.92. The molecule has 0 atom stereocenters. The number of aromatic nitrogens is 3. The molecule has 122 valence electrons. The molecule has 0 bridgehead atoms. The summed E-state index contributed by atoms with van der Waals surface area (Å²) in [5, 5.41) is 3.05. The van der Waals surface area contributed by atoms with Crippen LogP contribution >= 0.6 is 0 Å². The van der Waals surface area contributed by atoms with Crippen molar-refractivity contribution in [1.29, 1.82) is 0 Å². The highest BCUT2D eigenvalue weighted by atomic mass is 16.5. The van der Waals surface area contributed by atoms with E-state index < -0.39 is 0 Å². The molecular formula is C17H18N6O. The van der Waals surface area contributed by atoms with E-state index in [0.29, 0.717) is 12.5 Å². The van der Waals surface area contributed by atoms with Gasteiger partial charge in [0.05, 0.1) is 13.7 Å². The van der Waals surface area contributed by atoms with Crippen LogP contribution in [0.1, 0.15) is 5.56 Å². The highest BCUT2D eigenvalue weighted by Gasteiger charge is 2.01. The standard InChI is InChI=1S/C17H18N6O/c1-24-15-4-2-3-14(10-15)22-17(18)21-11-13-5-6-20-16(9-13)23-8-7-19-12-23/h2-10,12H,11H2,1H3,(H3,18,21,22). The molecule has 3 rings (SSSR count). The Morgan fingerprint density at radius 2 is 2.21 bits per heavy atom. The number of aliphatic imine (C=N–C) groups is 1. The van der Waals surface area contributed by atoms with E-state index in [2.05, 4.69) is 20.3 Å². The molecule has 0 fully saturated rings. The average Bonchev–Trinajstić information content (AvgIpc) is 3.15. The first-order chi connectivity index (χ1) is 11.7. The van der Waals surface area contributed by atoms with Gasteiger partial charge >= 0.3 is 0 Å². The molecule has 0 amide bonds. The number of methoxy groups -OCH3 is 1. The Morgan fingerprint density at radius 3 is 3.00 bits per heavy atom. The molecule has 24 heavy (non-hydrogen) atoms. The van der Waals surface area contributed by atoms with E-state index in [1.54, 1.807) is 25.8 Å². The Hall–Kier alpha value is -3.35. The van der Waals surface area contributed by atoms with Gasteiger partial charge in [0, 0.05) is 30.3 Å². The number of anilines is 1. The van der Waals surface area contributed by atoms with Gasteiger partial charge in [-0.25, -0.2) is 15.0 Å². The lowest BCUT2D eigenvalue weighted by Gasteiger charge is -2.08. The van der Waals surface area contributed by atoms with Gasteiger partial charge in [0.25, 0.3) is 0 Å². The number of hydrogen-bond donors (Lipinski definition) is 2. The third kappa shape index (κ3) is 3.89. The van der Waals surface area contributed by atoms with Crippen molar-refractivity contribution in [1.82, 2.24) is 14.5 Å². The third-order valence-corrected chi connectivity index (χ3v) is 3.35. The second-order valence-electron chi connectivity index (χ2n) is 5.05. The van der Waals surface area contributed by atoms with Crippen LogP contribution in [0.4, 0.5) is 5.69 Å². The van der Waals surface area contributed by atoms with Crippen molar-refractivity contribution < 1.29 is 4.74 Å². The minimum atomic E-state index is 0.337. The lowest BCUT2D eigenvalue weighted by atomic mass is 10.2. The predicted octanol–water partition coefficient (Wildman–Crippen LogP) is 2.20. The van der Waals surface area contributed by atoms with Crippen molar-refractivity contribution in [2.45, 2.75) is 6.54 Å². The predicted molar refractivity (Wildman–Crippen MR) is 93.3 cm³/mol. The molecule has 0 aliphatic carbocycles. The second kappa shape index (κ2) is 7.28. The van der Waals surface area contributed by atoms with Crippen molar-refractivity contribution in [3.63, 3.8) is 0 Å². The van der Waals surface area contributed by atoms with E-state index in [1.807, 2.05) is 47.2 Å². The number of benzene rings is 1. The molecule has 1 aromatic carbocycles. The van der Waals surface area contributed by atoms with Gasteiger partial charge in [0.15, 0.2) is 5.96 Å². The Labute approximate surface area is 139 Å². The van der Waals surface area contributed by atoms with Crippen LogP contribution in [0.25, 0.3) is 5.82 Å². The average molecular weight is 322 g/mol. The molecule has 0 spiro atoms. The normalized spacial score (nSPS) is 11.3. The van der Waals surface area contributed by atoms with Crippen molar-refractivity contribution in [3.8, 4) is 11.6 Å². The summed E-state index contributed by atoms with van der Waals surface area (Å²) in [6.45, 7) is 0.451. The Bertz CT molecular complexity index is 829. The number of hydrogen-bond acceptors (Lipinski definition) is 4. The van der Waals surface area contributed by atoms with Gasteiger partial charge < -0.3 is 15.8 Å². The van der Waals surface area contributed by atoms with Crippen molar-refractivity contribution >= 4 is 11.6 Å². The van der Waals surface area contributed by atoms with Gasteiger partial charge in [-0.15, -0.1) is 0 Å². The Morgan fingerprint density at radius 1 is 1.29 bits per heavy atom. The molecule has 2 aromatic heterocycles. The number of rotatable bonds is 5. The number of nitrogens with two attached hydrogens (primary N) is 1. The zero-order valence-corrected chi connectivity index (χ0v) is 13.3. The molecule has 0 aliphatic heterocycles. The molecule has 3 N–H and O–H groups in total. The first-order valence-corrected chi connectivity index (χ1v) is 7.39. The van der Waals surface area contributed by atoms with E-state index in [0.717, 1.165) is 22.8 Å². The maximum atomic E-state index is 5.94. The third-order valence-electron chi connectivity index (χ3n) is 3.35. The molecule has 3 aromatic rings. The first kappa shape index (κ1) is 15.5. The number of ether oxygens (including phenoxy) is 1. The molecule has 0 saturated carbocycles. The van der Waals surface area contributed by atoms with Crippen molar-refractivity contribution in [2.75, 3.05) is 12.4 Å². The fraction of sp³-hybridized carbons (Fsp3) is 0.118. The summed E-state index contributed by atoms with van der Waals surface area (Å²) in [6.07, 6.45) is 7.00. The first-order valence-electron chi connectivity index (χ1n) is 7.39. The van der Waals surface area contributed by atoms with Crippen LogP contribution in [-0.2, 0) is 6.54 Å². The van der Waals surface area contributed by atoms with Crippen LogP contribution in [0.5, 0.6) is 5.75 Å². The number of nitrogens with zero attached hydrogens (tertiary/aromatic N) is 4. The summed E-state index contributed by atoms with van der Waals surface area (Å²) < 4.78 is 7.02. The second-order valence-corrected chi connectivity index (χ2v) is 5.05. The molecule has 0 unspecified atom stereocenters. The van der Waals surface area contributed by atoms with E-state index >= 15 is 0 Å². The zero-order valence-electron chi connectivity index (χ0n) is 13.3. The number of guanidine groups is 1. The van der Waals surface area contributed by atoms with Crippen LogP contribution in [0.3, 0.4) is 0 Å². The molecule has 2 heterocycles. The molecular weight excluding hydrogens is 304 g/mol. The monoisotopic (exact) mass is 322 g/mol. The van der Waals surface area contributed by atoms with E-state index in [4.69, 9.17) is 10.5 Å². The summed E-state index contributed by atoms with van der Waals surface area (Å²) in [5.74, 6) is 1.88. The van der Waals surface area contributed by atoms with Crippen molar-refractivity contribution in [3.05, 3.63) is 66.9 Å². The molecule has 7 nitrogen and oxygen atoms in total. The minimum Gasteiger partial charge on any atom is -0.497 e. The minimum absolute atomic E-state index is 0.337. The number of imidazole rings is 1. The fourth-order valence-electron chi connectivity index (χ4n) is 2.16. The zero-order chi connectivity index (χ0) is 16.8. The van der Waals surface area contributed by atoms with Crippen LogP contribution in [0.15, 0.2) is 66.3 Å². The van der Waals surface area contributed by atoms with Crippen LogP contribution in [-0.4, -0.2) is 27.6 Å². The molecule has 7 heteroatoms. The molecule has 0 radical (unpaired) electrons. The van der Waals surface area contributed by atoms with Gasteiger partial charge in [-0.3, -0.25) is 4.57 Å². The largest absolute Gasteiger partial charge is 0.497 e. The lowest BCUT2D eigenvalue weighted by molar-refractivity contribution is 0.415. The number of pyridine rings is 1. The highest BCUT2D eigenvalue weighted by Crippen LogP contribution is 2.16. The van der Waals surface area contributed by atoms with Gasteiger partial charge in [0.1, 0.15) is 17.9 Å². The topological polar surface area (TPSA) is 90.4 Å². The van der Waals surface area contributed by atoms with E-state index in [9.17, 15) is 0 Å². The maximum Gasteiger partial charge on any atom is 0.193 e. The SMILES string of the molecule is COc1cccc(NC(N)=NCc2ccnc(-n3ccnc3)c2)c1. The Kier molecular flexibility index (Phi) is 4.71. The molecule has 0 saturated heterocycles. The van der Waals surface area contributed by atoms with Crippen LogP contribution in [0.2, 0.25) is 0 Å². The van der Waals surface area contributed by atoms with E-state index in [1.165, 1.54) is 0 Å². The van der Waals surface area contributed by atoms with Gasteiger partial charge in [-0.1, -0.05) is 6.07 Å². The number of nitrogens with one attached hydrogen (secondary N) is 1. The van der Waals surface area contributed by atoms with Gasteiger partial charge in [-0.2, -0.15) is 0 Å². The fourth-order valence-corrected chi connectivity index (χ4v) is 2.16. The lowest BCUT2D eigenvalue weighted by Crippen LogP contribution is -2.22. The van der Waals surface area contributed by atoms with Gasteiger partial charge in [0.2, 0.25) is 0 Å². The summed E-state index contributed by atoms with van der Waals surface area (Å²) in [4.78, 5) is 12.7. The Balaban J connectivity index is 1.67. The van der Waals surface area contributed by atoms with E-state index in [-0.39, 0.29) is 0 Å². The maximum absolute atomic E-state index is 5.94. The van der Waals surface area contributed by atoms with Gasteiger partial charge in [-0.05, 0) is 29.8 Å². The van der Waals surface area contributed by atoms with Crippen LogP contribution in [0, 0.1) is 0 Å². The summed E-state index contributed by atoms with van der Waals surface area (Å²) in [6, 6.07) is 11.4.